The average Bonchev–Trinajstić information content (AvgIpc) is 2.95. The standard InChI is InChI=1S/C14H28N2/c1-11-8-13(11)9-16(2)10-14(15)12-6-4-3-5-7-12/h11-14H,3-10,15H2,1-2H3. The van der Waals surface area contributed by atoms with Crippen molar-refractivity contribution >= 4 is 0 Å². The molecule has 2 rings (SSSR count). The van der Waals surface area contributed by atoms with Crippen molar-refractivity contribution in [3.8, 4) is 0 Å². The molecule has 0 saturated heterocycles. The first-order chi connectivity index (χ1) is 7.66. The molecule has 0 aliphatic heterocycles. The molecule has 0 radical (unpaired) electrons. The molecule has 2 N–H and O–H groups in total. The molecular formula is C14H28N2. The zero-order chi connectivity index (χ0) is 11.5. The first-order valence-corrected chi connectivity index (χ1v) is 7.11. The summed E-state index contributed by atoms with van der Waals surface area (Å²) in [7, 11) is 2.24. The van der Waals surface area contributed by atoms with Crippen molar-refractivity contribution in [2.45, 2.75) is 51.5 Å². The van der Waals surface area contributed by atoms with Gasteiger partial charge in [-0.1, -0.05) is 26.2 Å². The third-order valence-electron chi connectivity index (χ3n) is 4.60. The Labute approximate surface area is 101 Å². The van der Waals surface area contributed by atoms with E-state index < -0.39 is 0 Å². The molecule has 3 atom stereocenters. The van der Waals surface area contributed by atoms with Crippen LogP contribution in [-0.2, 0) is 0 Å². The third-order valence-corrected chi connectivity index (χ3v) is 4.60. The highest BCUT2D eigenvalue weighted by atomic mass is 15.1. The van der Waals surface area contributed by atoms with Crippen LogP contribution in [-0.4, -0.2) is 31.1 Å². The smallest absolute Gasteiger partial charge is 0.0196 e. The number of rotatable bonds is 5. The van der Waals surface area contributed by atoms with E-state index in [1.54, 1.807) is 0 Å². The first kappa shape index (κ1) is 12.4. The van der Waals surface area contributed by atoms with Gasteiger partial charge in [-0.3, -0.25) is 0 Å². The van der Waals surface area contributed by atoms with E-state index in [0.29, 0.717) is 6.04 Å². The fraction of sp³-hybridized carbons (Fsp3) is 1.00. The molecular weight excluding hydrogens is 196 g/mol. The fourth-order valence-corrected chi connectivity index (χ4v) is 3.20. The van der Waals surface area contributed by atoms with Crippen LogP contribution in [0.15, 0.2) is 0 Å². The van der Waals surface area contributed by atoms with Gasteiger partial charge in [0, 0.05) is 19.1 Å². The molecule has 94 valence electrons. The Bertz CT molecular complexity index is 211. The van der Waals surface area contributed by atoms with Gasteiger partial charge in [-0.05, 0) is 44.1 Å². The Morgan fingerprint density at radius 3 is 2.44 bits per heavy atom. The number of likely N-dealkylation sites (N-methyl/N-ethyl adjacent to an activating group) is 1. The quantitative estimate of drug-likeness (QED) is 0.777. The van der Waals surface area contributed by atoms with Gasteiger partial charge in [0.15, 0.2) is 0 Å². The first-order valence-electron chi connectivity index (χ1n) is 7.11. The Morgan fingerprint density at radius 2 is 1.88 bits per heavy atom. The van der Waals surface area contributed by atoms with E-state index in [1.807, 2.05) is 0 Å². The Morgan fingerprint density at radius 1 is 1.25 bits per heavy atom. The fourth-order valence-electron chi connectivity index (χ4n) is 3.20. The van der Waals surface area contributed by atoms with Gasteiger partial charge in [-0.15, -0.1) is 0 Å². The molecule has 0 bridgehead atoms. The second-order valence-electron chi connectivity index (χ2n) is 6.26. The number of hydrogen-bond acceptors (Lipinski definition) is 2. The van der Waals surface area contributed by atoms with Crippen LogP contribution < -0.4 is 5.73 Å². The highest BCUT2D eigenvalue weighted by molar-refractivity contribution is 4.86. The van der Waals surface area contributed by atoms with Crippen LogP contribution in [0.3, 0.4) is 0 Å². The maximum absolute atomic E-state index is 6.34. The van der Waals surface area contributed by atoms with Gasteiger partial charge in [0.25, 0.3) is 0 Å². The van der Waals surface area contributed by atoms with E-state index in [-0.39, 0.29) is 0 Å². The lowest BCUT2D eigenvalue weighted by Crippen LogP contribution is -2.42. The molecule has 16 heavy (non-hydrogen) atoms. The summed E-state index contributed by atoms with van der Waals surface area (Å²) < 4.78 is 0. The SMILES string of the molecule is CC1CC1CN(C)CC(N)C1CCCCC1. The van der Waals surface area contributed by atoms with Gasteiger partial charge in [0.2, 0.25) is 0 Å². The predicted molar refractivity (Wildman–Crippen MR) is 69.3 cm³/mol. The van der Waals surface area contributed by atoms with Gasteiger partial charge in [0.1, 0.15) is 0 Å². The van der Waals surface area contributed by atoms with Crippen LogP contribution in [0.25, 0.3) is 0 Å². The Hall–Kier alpha value is -0.0800. The van der Waals surface area contributed by atoms with Gasteiger partial charge in [-0.2, -0.15) is 0 Å². The van der Waals surface area contributed by atoms with Crippen LogP contribution >= 0.6 is 0 Å². The normalized spacial score (nSPS) is 33.0. The van der Waals surface area contributed by atoms with Crippen molar-refractivity contribution in [3.63, 3.8) is 0 Å². The Kier molecular flexibility index (Phi) is 4.26. The van der Waals surface area contributed by atoms with Crippen LogP contribution in [0.5, 0.6) is 0 Å². The molecule has 0 aromatic heterocycles. The second kappa shape index (κ2) is 5.50. The summed E-state index contributed by atoms with van der Waals surface area (Å²) >= 11 is 0. The Balaban J connectivity index is 1.66. The number of hydrogen-bond donors (Lipinski definition) is 1. The van der Waals surface area contributed by atoms with Crippen LogP contribution in [0.4, 0.5) is 0 Å². The largest absolute Gasteiger partial charge is 0.326 e. The highest BCUT2D eigenvalue weighted by Gasteiger charge is 2.33. The van der Waals surface area contributed by atoms with E-state index in [9.17, 15) is 0 Å². The third kappa shape index (κ3) is 3.46. The minimum Gasteiger partial charge on any atom is -0.326 e. The molecule has 2 aliphatic rings. The molecule has 2 heteroatoms. The van der Waals surface area contributed by atoms with E-state index in [2.05, 4.69) is 18.9 Å². The topological polar surface area (TPSA) is 29.3 Å². The minimum absolute atomic E-state index is 0.416. The van der Waals surface area contributed by atoms with E-state index >= 15 is 0 Å². The molecule has 2 nitrogen and oxygen atoms in total. The van der Waals surface area contributed by atoms with Gasteiger partial charge < -0.3 is 10.6 Å². The maximum Gasteiger partial charge on any atom is 0.0196 e. The number of nitrogens with zero attached hydrogens (tertiary/aromatic N) is 1. The van der Waals surface area contributed by atoms with Crippen LogP contribution in [0.1, 0.15) is 45.4 Å². The predicted octanol–water partition coefficient (Wildman–Crippen LogP) is 2.48. The monoisotopic (exact) mass is 224 g/mol. The molecule has 2 aliphatic carbocycles. The zero-order valence-corrected chi connectivity index (χ0v) is 11.0. The summed E-state index contributed by atoms with van der Waals surface area (Å²) in [5.41, 5.74) is 6.34. The molecule has 0 heterocycles. The van der Waals surface area contributed by atoms with Crippen molar-refractivity contribution in [1.29, 1.82) is 0 Å². The summed E-state index contributed by atoms with van der Waals surface area (Å²) in [4.78, 5) is 2.47. The molecule has 0 aromatic carbocycles. The van der Waals surface area contributed by atoms with Crippen molar-refractivity contribution in [2.24, 2.45) is 23.5 Å². The molecule has 2 saturated carbocycles. The summed E-state index contributed by atoms with van der Waals surface area (Å²) in [6.07, 6.45) is 8.41. The summed E-state index contributed by atoms with van der Waals surface area (Å²) in [5, 5.41) is 0. The molecule has 3 unspecified atom stereocenters. The van der Waals surface area contributed by atoms with E-state index in [1.165, 1.54) is 45.1 Å². The van der Waals surface area contributed by atoms with Crippen molar-refractivity contribution in [2.75, 3.05) is 20.1 Å². The number of nitrogens with two attached hydrogens (primary N) is 1. The maximum atomic E-state index is 6.34. The molecule has 2 fully saturated rings. The summed E-state index contributed by atoms with van der Waals surface area (Å²) in [5.74, 6) is 2.73. The minimum atomic E-state index is 0.416. The average molecular weight is 224 g/mol. The molecule has 0 spiro atoms. The lowest BCUT2D eigenvalue weighted by atomic mass is 9.84. The van der Waals surface area contributed by atoms with Crippen molar-refractivity contribution in [3.05, 3.63) is 0 Å². The lowest BCUT2D eigenvalue weighted by molar-refractivity contribution is 0.227. The lowest BCUT2D eigenvalue weighted by Gasteiger charge is -2.30. The van der Waals surface area contributed by atoms with Gasteiger partial charge in [-0.25, -0.2) is 0 Å². The highest BCUT2D eigenvalue weighted by Crippen LogP contribution is 2.38. The summed E-state index contributed by atoms with van der Waals surface area (Å²) in [6.45, 7) is 4.73. The van der Waals surface area contributed by atoms with Gasteiger partial charge in [0.05, 0.1) is 0 Å². The van der Waals surface area contributed by atoms with Crippen LogP contribution in [0.2, 0.25) is 0 Å². The van der Waals surface area contributed by atoms with Crippen LogP contribution in [0, 0.1) is 17.8 Å². The zero-order valence-electron chi connectivity index (χ0n) is 11.0. The van der Waals surface area contributed by atoms with Gasteiger partial charge >= 0.3 is 0 Å². The second-order valence-corrected chi connectivity index (χ2v) is 6.26. The molecule has 0 aromatic rings. The summed E-state index contributed by atoms with van der Waals surface area (Å²) in [6, 6.07) is 0.416. The van der Waals surface area contributed by atoms with E-state index in [0.717, 1.165) is 24.3 Å². The molecule has 0 amide bonds. The van der Waals surface area contributed by atoms with E-state index in [4.69, 9.17) is 5.73 Å². The van der Waals surface area contributed by atoms with Crippen molar-refractivity contribution < 1.29 is 0 Å². The van der Waals surface area contributed by atoms with Crippen molar-refractivity contribution in [1.82, 2.24) is 4.90 Å².